The van der Waals surface area contributed by atoms with Gasteiger partial charge in [0.1, 0.15) is 0 Å². The van der Waals surface area contributed by atoms with Crippen LogP contribution in [0.25, 0.3) is 32.6 Å². The highest BCUT2D eigenvalue weighted by Gasteiger charge is 2.10. The predicted molar refractivity (Wildman–Crippen MR) is 98.8 cm³/mol. The minimum atomic E-state index is -0.108. The van der Waals surface area contributed by atoms with Crippen LogP contribution in [0.4, 0.5) is 0 Å². The Morgan fingerprint density at radius 2 is 1.92 bits per heavy atom. The Labute approximate surface area is 144 Å². The van der Waals surface area contributed by atoms with E-state index in [9.17, 15) is 4.79 Å². The van der Waals surface area contributed by atoms with E-state index in [1.54, 1.807) is 13.3 Å². The summed E-state index contributed by atoms with van der Waals surface area (Å²) in [6, 6.07) is 13.7. The van der Waals surface area contributed by atoms with E-state index >= 15 is 0 Å². The third-order valence-electron chi connectivity index (χ3n) is 4.28. The van der Waals surface area contributed by atoms with Crippen LogP contribution in [0.1, 0.15) is 10.4 Å². The molecular weight excluding hydrogens is 314 g/mol. The second-order valence-electron chi connectivity index (χ2n) is 5.85. The summed E-state index contributed by atoms with van der Waals surface area (Å²) in [5, 5.41) is 6.89. The van der Waals surface area contributed by atoms with Gasteiger partial charge in [0.25, 0.3) is 5.91 Å². The third-order valence-corrected chi connectivity index (χ3v) is 4.28. The topological polar surface area (TPSA) is 64.1 Å². The number of benzene rings is 2. The fourth-order valence-electron chi connectivity index (χ4n) is 3.02. The van der Waals surface area contributed by atoms with E-state index in [1.165, 1.54) is 0 Å². The highest BCUT2D eigenvalue weighted by molar-refractivity contribution is 6.15. The molecule has 2 aromatic carbocycles. The van der Waals surface area contributed by atoms with Crippen molar-refractivity contribution in [2.24, 2.45) is 0 Å². The highest BCUT2D eigenvalue weighted by Crippen LogP contribution is 2.28. The van der Waals surface area contributed by atoms with E-state index in [4.69, 9.17) is 4.74 Å². The first-order valence-electron chi connectivity index (χ1n) is 8.11. The van der Waals surface area contributed by atoms with Crippen LogP contribution >= 0.6 is 0 Å². The summed E-state index contributed by atoms with van der Waals surface area (Å²) in [4.78, 5) is 21.4. The van der Waals surface area contributed by atoms with Crippen molar-refractivity contribution in [1.29, 1.82) is 0 Å². The second-order valence-corrected chi connectivity index (χ2v) is 5.85. The number of nitrogens with zero attached hydrogens (tertiary/aromatic N) is 2. The van der Waals surface area contributed by atoms with Crippen molar-refractivity contribution in [2.45, 2.75) is 0 Å². The van der Waals surface area contributed by atoms with Crippen molar-refractivity contribution in [1.82, 2.24) is 15.3 Å². The molecule has 2 aromatic heterocycles. The van der Waals surface area contributed by atoms with E-state index < -0.39 is 0 Å². The number of hydrogen-bond acceptors (Lipinski definition) is 4. The van der Waals surface area contributed by atoms with Crippen molar-refractivity contribution >= 4 is 38.5 Å². The van der Waals surface area contributed by atoms with Gasteiger partial charge < -0.3 is 10.1 Å². The molecule has 124 valence electrons. The Morgan fingerprint density at radius 1 is 1.04 bits per heavy atom. The van der Waals surface area contributed by atoms with Crippen molar-refractivity contribution in [2.75, 3.05) is 20.3 Å². The van der Waals surface area contributed by atoms with Gasteiger partial charge in [-0.3, -0.25) is 14.8 Å². The van der Waals surface area contributed by atoms with E-state index in [-0.39, 0.29) is 5.91 Å². The van der Waals surface area contributed by atoms with Crippen LogP contribution in [0.5, 0.6) is 0 Å². The average molecular weight is 331 g/mol. The van der Waals surface area contributed by atoms with Gasteiger partial charge in [-0.05, 0) is 23.6 Å². The zero-order chi connectivity index (χ0) is 17.2. The number of fused-ring (bicyclic) bond motifs is 5. The van der Waals surface area contributed by atoms with E-state index in [0.29, 0.717) is 18.7 Å². The Kier molecular flexibility index (Phi) is 3.99. The van der Waals surface area contributed by atoms with Crippen LogP contribution in [0.2, 0.25) is 0 Å². The molecule has 0 unspecified atom stereocenters. The fraction of sp³-hybridized carbons (Fsp3) is 0.150. The van der Waals surface area contributed by atoms with Gasteiger partial charge in [-0.15, -0.1) is 0 Å². The molecule has 0 spiro atoms. The number of carbonyl (C=O) groups is 1. The molecule has 0 atom stereocenters. The molecule has 1 amide bonds. The molecule has 1 N–H and O–H groups in total. The average Bonchev–Trinajstić information content (AvgIpc) is 2.67. The molecule has 0 fully saturated rings. The van der Waals surface area contributed by atoms with E-state index in [2.05, 4.69) is 15.3 Å². The molecule has 0 aliphatic carbocycles. The molecule has 0 saturated carbocycles. The fourth-order valence-corrected chi connectivity index (χ4v) is 3.02. The summed E-state index contributed by atoms with van der Waals surface area (Å²) in [5.41, 5.74) is 2.34. The predicted octanol–water partition coefficient (Wildman–Crippen LogP) is 3.31. The lowest BCUT2D eigenvalue weighted by molar-refractivity contribution is 0.0937. The van der Waals surface area contributed by atoms with Crippen molar-refractivity contribution in [3.8, 4) is 0 Å². The summed E-state index contributed by atoms with van der Waals surface area (Å²) in [7, 11) is 1.61. The number of pyridine rings is 2. The van der Waals surface area contributed by atoms with Crippen LogP contribution in [-0.4, -0.2) is 36.1 Å². The summed E-state index contributed by atoms with van der Waals surface area (Å²) in [6.07, 6.45) is 3.60. The molecule has 5 nitrogen and oxygen atoms in total. The maximum atomic E-state index is 12.3. The molecule has 4 aromatic rings. The van der Waals surface area contributed by atoms with Crippen LogP contribution in [0, 0.1) is 0 Å². The number of carbonyl (C=O) groups excluding carboxylic acids is 1. The molecule has 0 aliphatic rings. The maximum Gasteiger partial charge on any atom is 0.251 e. The van der Waals surface area contributed by atoms with E-state index in [0.717, 1.165) is 32.6 Å². The van der Waals surface area contributed by atoms with Crippen LogP contribution in [0.3, 0.4) is 0 Å². The normalized spacial score (nSPS) is 11.2. The molecular formula is C20H17N3O2. The Balaban J connectivity index is 1.86. The second kappa shape index (κ2) is 6.45. The summed E-state index contributed by atoms with van der Waals surface area (Å²) in [5.74, 6) is -0.108. The molecule has 0 saturated heterocycles. The van der Waals surface area contributed by atoms with Crippen LogP contribution in [-0.2, 0) is 4.74 Å². The number of rotatable bonds is 4. The molecule has 2 heterocycles. The number of methoxy groups -OCH3 is 1. The van der Waals surface area contributed by atoms with E-state index in [1.807, 2.05) is 48.7 Å². The summed E-state index contributed by atoms with van der Waals surface area (Å²) < 4.78 is 4.97. The van der Waals surface area contributed by atoms with Gasteiger partial charge in [-0.1, -0.05) is 24.3 Å². The van der Waals surface area contributed by atoms with Gasteiger partial charge in [-0.2, -0.15) is 0 Å². The number of ether oxygens (including phenoxy) is 1. The van der Waals surface area contributed by atoms with Crippen molar-refractivity contribution in [3.05, 3.63) is 60.4 Å². The Morgan fingerprint density at radius 3 is 2.80 bits per heavy atom. The molecule has 0 aliphatic heterocycles. The van der Waals surface area contributed by atoms with Crippen molar-refractivity contribution < 1.29 is 9.53 Å². The number of amides is 1. The lowest BCUT2D eigenvalue weighted by Crippen LogP contribution is -2.26. The lowest BCUT2D eigenvalue weighted by atomic mass is 10.0. The number of aromatic nitrogens is 2. The molecule has 25 heavy (non-hydrogen) atoms. The standard InChI is InChI=1S/C20H17N3O2/c1-25-10-9-22-20(24)14-4-5-15-12-23-19-16(17(15)11-14)7-6-13-3-2-8-21-18(13)19/h2-8,11-12H,9-10H2,1H3,(H,22,24). The van der Waals surface area contributed by atoms with Gasteiger partial charge >= 0.3 is 0 Å². The first-order chi connectivity index (χ1) is 12.3. The summed E-state index contributed by atoms with van der Waals surface area (Å²) >= 11 is 0. The molecule has 5 heteroatoms. The minimum absolute atomic E-state index is 0.108. The van der Waals surface area contributed by atoms with Gasteiger partial charge in [-0.25, -0.2) is 0 Å². The zero-order valence-electron chi connectivity index (χ0n) is 13.8. The highest BCUT2D eigenvalue weighted by atomic mass is 16.5. The first kappa shape index (κ1) is 15.5. The smallest absolute Gasteiger partial charge is 0.251 e. The number of nitrogens with one attached hydrogen (secondary N) is 1. The van der Waals surface area contributed by atoms with Crippen molar-refractivity contribution in [3.63, 3.8) is 0 Å². The molecule has 0 bridgehead atoms. The quantitative estimate of drug-likeness (QED) is 0.460. The monoisotopic (exact) mass is 331 g/mol. The molecule has 0 radical (unpaired) electrons. The van der Waals surface area contributed by atoms with Crippen LogP contribution < -0.4 is 5.32 Å². The van der Waals surface area contributed by atoms with Gasteiger partial charge in [0, 0.05) is 47.8 Å². The third kappa shape index (κ3) is 2.79. The summed E-state index contributed by atoms with van der Waals surface area (Å²) in [6.45, 7) is 0.975. The van der Waals surface area contributed by atoms with Crippen LogP contribution in [0.15, 0.2) is 54.9 Å². The largest absolute Gasteiger partial charge is 0.383 e. The molecule has 4 rings (SSSR count). The number of hydrogen-bond donors (Lipinski definition) is 1. The minimum Gasteiger partial charge on any atom is -0.383 e. The van der Waals surface area contributed by atoms with Gasteiger partial charge in [0.2, 0.25) is 0 Å². The Bertz CT molecular complexity index is 1090. The lowest BCUT2D eigenvalue weighted by Gasteiger charge is -2.08. The Hall–Kier alpha value is -3.05. The SMILES string of the molecule is COCCNC(=O)c1ccc2cnc3c(ccc4cccnc43)c2c1. The maximum absolute atomic E-state index is 12.3. The first-order valence-corrected chi connectivity index (χ1v) is 8.11. The zero-order valence-corrected chi connectivity index (χ0v) is 13.8. The van der Waals surface area contributed by atoms with Gasteiger partial charge in [0.15, 0.2) is 0 Å². The van der Waals surface area contributed by atoms with Gasteiger partial charge in [0.05, 0.1) is 17.6 Å².